The maximum absolute atomic E-state index is 4.38. The molecule has 0 fully saturated rings. The zero-order chi connectivity index (χ0) is 13.8. The Balaban J connectivity index is 2.17. The van der Waals surface area contributed by atoms with Crippen LogP contribution in [0.5, 0.6) is 0 Å². The van der Waals surface area contributed by atoms with Crippen molar-refractivity contribution in [2.45, 2.75) is 39.8 Å². The van der Waals surface area contributed by atoms with Gasteiger partial charge in [-0.25, -0.2) is 0 Å². The third kappa shape index (κ3) is 3.37. The van der Waals surface area contributed by atoms with Crippen LogP contribution in [0.2, 0.25) is 0 Å². The molecule has 0 radical (unpaired) electrons. The van der Waals surface area contributed by atoms with Crippen LogP contribution in [-0.4, -0.2) is 9.78 Å². The molecule has 2 rings (SSSR count). The third-order valence-electron chi connectivity index (χ3n) is 3.28. The van der Waals surface area contributed by atoms with E-state index in [1.807, 2.05) is 10.9 Å². The minimum atomic E-state index is 0.311. The van der Waals surface area contributed by atoms with Gasteiger partial charge in [0.05, 0.1) is 17.9 Å². The first-order chi connectivity index (χ1) is 9.08. The van der Waals surface area contributed by atoms with E-state index in [4.69, 9.17) is 0 Å². The van der Waals surface area contributed by atoms with Crippen molar-refractivity contribution >= 4 is 5.69 Å². The highest BCUT2D eigenvalue weighted by Gasteiger charge is 2.16. The van der Waals surface area contributed by atoms with Crippen molar-refractivity contribution in [3.63, 3.8) is 0 Å². The van der Waals surface area contributed by atoms with Gasteiger partial charge in [-0.05, 0) is 25.3 Å². The second kappa shape index (κ2) is 5.91. The summed E-state index contributed by atoms with van der Waals surface area (Å²) in [5.74, 6) is 0.518. The lowest BCUT2D eigenvalue weighted by molar-refractivity contribution is 0.531. The van der Waals surface area contributed by atoms with Crippen molar-refractivity contribution in [3.8, 4) is 0 Å². The Bertz CT molecular complexity index is 500. The second-order valence-electron chi connectivity index (χ2n) is 5.58. The molecule has 0 aliphatic heterocycles. The molecule has 0 saturated heterocycles. The molecule has 0 bridgehead atoms. The van der Waals surface area contributed by atoms with Crippen LogP contribution in [0.1, 0.15) is 45.3 Å². The van der Waals surface area contributed by atoms with Gasteiger partial charge in [0.1, 0.15) is 0 Å². The fraction of sp³-hybridized carbons (Fsp3) is 0.438. The number of nitrogens with zero attached hydrogens (tertiary/aromatic N) is 2. The van der Waals surface area contributed by atoms with E-state index >= 15 is 0 Å². The Morgan fingerprint density at radius 1 is 1.05 bits per heavy atom. The second-order valence-corrected chi connectivity index (χ2v) is 5.58. The third-order valence-corrected chi connectivity index (χ3v) is 3.28. The Kier molecular flexibility index (Phi) is 4.25. The van der Waals surface area contributed by atoms with Crippen molar-refractivity contribution in [1.29, 1.82) is 0 Å². The van der Waals surface area contributed by atoms with Crippen molar-refractivity contribution < 1.29 is 0 Å². The number of benzene rings is 1. The van der Waals surface area contributed by atoms with Crippen molar-refractivity contribution in [2.24, 2.45) is 5.92 Å². The normalized spacial score (nSPS) is 12.9. The Morgan fingerprint density at radius 3 is 2.26 bits per heavy atom. The van der Waals surface area contributed by atoms with Crippen LogP contribution in [0.25, 0.3) is 0 Å². The van der Waals surface area contributed by atoms with Gasteiger partial charge >= 0.3 is 0 Å². The number of aromatic nitrogens is 2. The summed E-state index contributed by atoms with van der Waals surface area (Å²) >= 11 is 0. The highest BCUT2D eigenvalue weighted by Crippen LogP contribution is 2.26. The quantitative estimate of drug-likeness (QED) is 0.866. The molecule has 19 heavy (non-hydrogen) atoms. The van der Waals surface area contributed by atoms with Gasteiger partial charge < -0.3 is 5.32 Å². The SMILES string of the molecule is CC(C)C(Nc1cnn(C(C)C)c1)c1ccccc1. The number of rotatable bonds is 5. The molecule has 1 N–H and O–H groups in total. The molecule has 1 aromatic heterocycles. The van der Waals surface area contributed by atoms with Gasteiger partial charge in [0.15, 0.2) is 0 Å². The van der Waals surface area contributed by atoms with E-state index in [2.05, 4.69) is 74.6 Å². The number of anilines is 1. The predicted octanol–water partition coefficient (Wildman–Crippen LogP) is 4.27. The van der Waals surface area contributed by atoms with E-state index < -0.39 is 0 Å². The zero-order valence-electron chi connectivity index (χ0n) is 12.2. The molecule has 102 valence electrons. The van der Waals surface area contributed by atoms with Crippen LogP contribution in [-0.2, 0) is 0 Å². The smallest absolute Gasteiger partial charge is 0.0731 e. The monoisotopic (exact) mass is 257 g/mol. The molecule has 0 amide bonds. The summed E-state index contributed by atoms with van der Waals surface area (Å²) in [6, 6.07) is 11.3. The van der Waals surface area contributed by atoms with Gasteiger partial charge in [-0.1, -0.05) is 44.2 Å². The van der Waals surface area contributed by atoms with Gasteiger partial charge in [0.2, 0.25) is 0 Å². The summed E-state index contributed by atoms with van der Waals surface area (Å²) in [4.78, 5) is 0. The summed E-state index contributed by atoms with van der Waals surface area (Å²) in [5, 5.41) is 7.96. The fourth-order valence-corrected chi connectivity index (χ4v) is 2.17. The van der Waals surface area contributed by atoms with E-state index in [1.165, 1.54) is 5.56 Å². The van der Waals surface area contributed by atoms with E-state index in [9.17, 15) is 0 Å². The lowest BCUT2D eigenvalue weighted by Gasteiger charge is -2.23. The standard InChI is InChI=1S/C16H23N3/c1-12(2)16(14-8-6-5-7-9-14)18-15-10-17-19(11-15)13(3)4/h5-13,16,18H,1-4H3. The average Bonchev–Trinajstić information content (AvgIpc) is 2.85. The van der Waals surface area contributed by atoms with Gasteiger partial charge in [0.25, 0.3) is 0 Å². The Hall–Kier alpha value is -1.77. The van der Waals surface area contributed by atoms with E-state index in [0.29, 0.717) is 18.0 Å². The van der Waals surface area contributed by atoms with Crippen LogP contribution < -0.4 is 5.32 Å². The lowest BCUT2D eigenvalue weighted by atomic mass is 9.96. The molecule has 1 atom stereocenters. The Labute approximate surface area is 115 Å². The molecule has 0 aliphatic carbocycles. The highest BCUT2D eigenvalue weighted by molar-refractivity contribution is 5.42. The summed E-state index contributed by atoms with van der Waals surface area (Å²) in [6.07, 6.45) is 3.97. The summed E-state index contributed by atoms with van der Waals surface area (Å²) in [6.45, 7) is 8.73. The van der Waals surface area contributed by atoms with Crippen LogP contribution in [0.4, 0.5) is 5.69 Å². The molecule has 0 aliphatic rings. The molecule has 1 unspecified atom stereocenters. The number of hydrogen-bond acceptors (Lipinski definition) is 2. The number of hydrogen-bond donors (Lipinski definition) is 1. The van der Waals surface area contributed by atoms with Gasteiger partial charge in [-0.2, -0.15) is 5.10 Å². The topological polar surface area (TPSA) is 29.9 Å². The lowest BCUT2D eigenvalue weighted by Crippen LogP contribution is -2.16. The minimum Gasteiger partial charge on any atom is -0.375 e. The molecule has 0 spiro atoms. The van der Waals surface area contributed by atoms with Crippen LogP contribution in [0, 0.1) is 5.92 Å². The molecule has 1 aromatic carbocycles. The van der Waals surface area contributed by atoms with E-state index in [1.54, 1.807) is 0 Å². The molecular formula is C16H23N3. The van der Waals surface area contributed by atoms with Crippen LogP contribution in [0.3, 0.4) is 0 Å². The fourth-order valence-electron chi connectivity index (χ4n) is 2.17. The minimum absolute atomic E-state index is 0.311. The summed E-state index contributed by atoms with van der Waals surface area (Å²) in [5.41, 5.74) is 2.39. The van der Waals surface area contributed by atoms with Gasteiger partial charge in [-0.15, -0.1) is 0 Å². The molecule has 3 heteroatoms. The van der Waals surface area contributed by atoms with E-state index in [-0.39, 0.29) is 0 Å². The Morgan fingerprint density at radius 2 is 1.74 bits per heavy atom. The maximum Gasteiger partial charge on any atom is 0.0731 e. The number of nitrogens with one attached hydrogen (secondary N) is 1. The molecule has 2 aromatic rings. The highest BCUT2D eigenvalue weighted by atomic mass is 15.3. The molecular weight excluding hydrogens is 234 g/mol. The first kappa shape index (κ1) is 13.7. The molecule has 3 nitrogen and oxygen atoms in total. The largest absolute Gasteiger partial charge is 0.375 e. The van der Waals surface area contributed by atoms with E-state index in [0.717, 1.165) is 5.69 Å². The van der Waals surface area contributed by atoms with Crippen LogP contribution in [0.15, 0.2) is 42.7 Å². The first-order valence-electron chi connectivity index (χ1n) is 6.93. The summed E-state index contributed by atoms with van der Waals surface area (Å²) in [7, 11) is 0. The van der Waals surface area contributed by atoms with Crippen LogP contribution >= 0.6 is 0 Å². The first-order valence-corrected chi connectivity index (χ1v) is 6.93. The van der Waals surface area contributed by atoms with Crippen molar-refractivity contribution in [1.82, 2.24) is 9.78 Å². The van der Waals surface area contributed by atoms with Crippen molar-refractivity contribution in [2.75, 3.05) is 5.32 Å². The van der Waals surface area contributed by atoms with Crippen molar-refractivity contribution in [3.05, 3.63) is 48.3 Å². The molecule has 1 heterocycles. The predicted molar refractivity (Wildman–Crippen MR) is 80.3 cm³/mol. The average molecular weight is 257 g/mol. The van der Waals surface area contributed by atoms with Gasteiger partial charge in [0, 0.05) is 12.2 Å². The van der Waals surface area contributed by atoms with Gasteiger partial charge in [-0.3, -0.25) is 4.68 Å². The maximum atomic E-state index is 4.38. The molecule has 0 saturated carbocycles. The summed E-state index contributed by atoms with van der Waals surface area (Å²) < 4.78 is 1.98. The zero-order valence-corrected chi connectivity index (χ0v) is 12.2.